The average Bonchev–Trinajstić information content (AvgIpc) is 3.65. The van der Waals surface area contributed by atoms with Gasteiger partial charge in [-0.15, -0.1) is 16.4 Å². The third kappa shape index (κ3) is 5.30. The lowest BCUT2D eigenvalue weighted by molar-refractivity contribution is -0.143. The lowest BCUT2D eigenvalue weighted by Gasteiger charge is -2.29. The van der Waals surface area contributed by atoms with Gasteiger partial charge in [0.1, 0.15) is 17.4 Å². The minimum absolute atomic E-state index is 0.0436. The maximum atomic E-state index is 13.0. The van der Waals surface area contributed by atoms with Crippen molar-refractivity contribution in [3.8, 4) is 5.75 Å². The Labute approximate surface area is 259 Å². The molecular formula is C34H37N5O4S. The SMILES string of the molecule is CCOC(=O)C[C@H](c1cc(CN2C[C@@H](C3CC3)Oc3ccc(=O)[nH]c3[C@H]2C)c2sccc2c1)c1ccc2c(nnn2C)c1C. The second-order valence-electron chi connectivity index (χ2n) is 12.1. The van der Waals surface area contributed by atoms with Crippen molar-refractivity contribution >= 4 is 38.4 Å². The van der Waals surface area contributed by atoms with Gasteiger partial charge in [-0.05, 0) is 96.8 Å². The van der Waals surface area contributed by atoms with Crippen LogP contribution in [0.2, 0.25) is 0 Å². The number of aromatic nitrogens is 4. The fourth-order valence-corrected chi connectivity index (χ4v) is 7.61. The van der Waals surface area contributed by atoms with E-state index in [4.69, 9.17) is 9.47 Å². The van der Waals surface area contributed by atoms with Crippen LogP contribution in [0.4, 0.5) is 0 Å². The standard InChI is InChI=1S/C34H37N5O4S/c1-5-42-31(41)16-26(25-8-9-27-32(19(25)2)36-37-38(27)4)23-14-22-12-13-44-34(22)24(15-23)17-39-18-29(21-6-7-21)43-28-10-11-30(40)35-33(28)20(39)3/h8-15,20-21,26,29H,5-7,16-18H2,1-4H3,(H,35,40)/t20-,26-,29+/m1/s1. The quantitative estimate of drug-likeness (QED) is 0.215. The first-order valence-electron chi connectivity index (χ1n) is 15.4. The van der Waals surface area contributed by atoms with E-state index in [-0.39, 0.29) is 36.0 Å². The maximum absolute atomic E-state index is 13.0. The number of nitrogens with one attached hydrogen (secondary N) is 1. The number of hydrogen-bond donors (Lipinski definition) is 1. The number of carbonyl (C=O) groups is 1. The molecule has 7 rings (SSSR count). The van der Waals surface area contributed by atoms with Crippen LogP contribution < -0.4 is 10.3 Å². The number of pyridine rings is 1. The van der Waals surface area contributed by atoms with Gasteiger partial charge in [-0.25, -0.2) is 4.68 Å². The Kier molecular flexibility index (Phi) is 7.50. The predicted octanol–water partition coefficient (Wildman–Crippen LogP) is 6.00. The minimum Gasteiger partial charge on any atom is -0.487 e. The van der Waals surface area contributed by atoms with Crippen LogP contribution >= 0.6 is 11.3 Å². The molecular weight excluding hydrogens is 574 g/mol. The molecule has 4 heterocycles. The predicted molar refractivity (Wildman–Crippen MR) is 171 cm³/mol. The molecule has 0 bridgehead atoms. The first-order chi connectivity index (χ1) is 21.3. The number of thiophene rings is 1. The van der Waals surface area contributed by atoms with Crippen molar-refractivity contribution in [1.82, 2.24) is 24.9 Å². The summed E-state index contributed by atoms with van der Waals surface area (Å²) in [5, 5.41) is 11.9. The number of ether oxygens (including phenoxy) is 2. The van der Waals surface area contributed by atoms with Crippen molar-refractivity contribution in [2.75, 3.05) is 13.2 Å². The number of esters is 1. The van der Waals surface area contributed by atoms with Gasteiger partial charge in [0.2, 0.25) is 5.56 Å². The van der Waals surface area contributed by atoms with Crippen LogP contribution in [0.25, 0.3) is 21.1 Å². The van der Waals surface area contributed by atoms with Crippen molar-refractivity contribution in [3.63, 3.8) is 0 Å². The van der Waals surface area contributed by atoms with Gasteiger partial charge in [0.25, 0.3) is 0 Å². The van der Waals surface area contributed by atoms with Crippen molar-refractivity contribution in [3.05, 3.63) is 86.1 Å². The molecule has 3 aromatic heterocycles. The number of H-pyrrole nitrogens is 1. The van der Waals surface area contributed by atoms with Gasteiger partial charge >= 0.3 is 5.97 Å². The molecule has 0 spiro atoms. The molecule has 1 N–H and O–H groups in total. The summed E-state index contributed by atoms with van der Waals surface area (Å²) in [5.41, 5.74) is 6.82. The van der Waals surface area contributed by atoms with Crippen LogP contribution in [-0.4, -0.2) is 50.1 Å². The van der Waals surface area contributed by atoms with Crippen molar-refractivity contribution in [2.24, 2.45) is 13.0 Å². The summed E-state index contributed by atoms with van der Waals surface area (Å²) < 4.78 is 15.0. The Bertz CT molecular complexity index is 1920. The summed E-state index contributed by atoms with van der Waals surface area (Å²) in [5.74, 6) is 0.860. The largest absolute Gasteiger partial charge is 0.487 e. The topological polar surface area (TPSA) is 102 Å². The molecule has 1 aliphatic carbocycles. The van der Waals surface area contributed by atoms with Crippen LogP contribution in [-0.2, 0) is 23.1 Å². The second-order valence-corrected chi connectivity index (χ2v) is 13.1. The number of nitrogens with zero attached hydrogens (tertiary/aromatic N) is 4. The van der Waals surface area contributed by atoms with E-state index in [2.05, 4.69) is 63.7 Å². The van der Waals surface area contributed by atoms with Gasteiger partial charge in [0.05, 0.1) is 30.3 Å². The zero-order chi connectivity index (χ0) is 30.5. The zero-order valence-corrected chi connectivity index (χ0v) is 26.3. The number of rotatable bonds is 8. The summed E-state index contributed by atoms with van der Waals surface area (Å²) in [6.45, 7) is 7.84. The summed E-state index contributed by atoms with van der Waals surface area (Å²) in [6, 6.07) is 14.1. The highest BCUT2D eigenvalue weighted by molar-refractivity contribution is 7.17. The van der Waals surface area contributed by atoms with E-state index in [0.29, 0.717) is 19.1 Å². The van der Waals surface area contributed by atoms with Gasteiger partial charge in [0, 0.05) is 36.8 Å². The van der Waals surface area contributed by atoms with Crippen molar-refractivity contribution in [1.29, 1.82) is 0 Å². The highest BCUT2D eigenvalue weighted by Gasteiger charge is 2.38. The number of fused-ring (bicyclic) bond motifs is 3. The molecule has 9 nitrogen and oxygen atoms in total. The summed E-state index contributed by atoms with van der Waals surface area (Å²) in [4.78, 5) is 30.9. The molecule has 2 aromatic carbocycles. The first kappa shape index (κ1) is 28.7. The molecule has 2 aliphatic rings. The smallest absolute Gasteiger partial charge is 0.306 e. The van der Waals surface area contributed by atoms with Crippen LogP contribution in [0.5, 0.6) is 5.75 Å². The first-order valence-corrected chi connectivity index (χ1v) is 16.3. The normalized spacial score (nSPS) is 19.5. The van der Waals surface area contributed by atoms with Gasteiger partial charge in [-0.2, -0.15) is 0 Å². The lowest BCUT2D eigenvalue weighted by Crippen LogP contribution is -2.35. The van der Waals surface area contributed by atoms with E-state index in [1.165, 1.54) is 23.1 Å². The molecule has 0 unspecified atom stereocenters. The summed E-state index contributed by atoms with van der Waals surface area (Å²) in [7, 11) is 1.89. The monoisotopic (exact) mass is 611 g/mol. The van der Waals surface area contributed by atoms with E-state index in [0.717, 1.165) is 51.1 Å². The fraction of sp³-hybridized carbons (Fsp3) is 0.412. The number of benzene rings is 2. The molecule has 0 amide bonds. The van der Waals surface area contributed by atoms with Gasteiger partial charge in [-0.1, -0.05) is 17.3 Å². The second kappa shape index (κ2) is 11.5. The Morgan fingerprint density at radius 1 is 1.20 bits per heavy atom. The molecule has 0 saturated heterocycles. The maximum Gasteiger partial charge on any atom is 0.306 e. The van der Waals surface area contributed by atoms with E-state index in [9.17, 15) is 9.59 Å². The molecule has 1 aliphatic heterocycles. The third-order valence-electron chi connectivity index (χ3n) is 9.27. The minimum atomic E-state index is -0.228. The molecule has 228 valence electrons. The number of aryl methyl sites for hydroxylation is 2. The van der Waals surface area contributed by atoms with E-state index >= 15 is 0 Å². The summed E-state index contributed by atoms with van der Waals surface area (Å²) >= 11 is 1.73. The highest BCUT2D eigenvalue weighted by atomic mass is 32.1. The fourth-order valence-electron chi connectivity index (χ4n) is 6.72. The average molecular weight is 612 g/mol. The van der Waals surface area contributed by atoms with E-state index in [1.807, 2.05) is 26.1 Å². The molecule has 44 heavy (non-hydrogen) atoms. The van der Waals surface area contributed by atoms with Crippen LogP contribution in [0.15, 0.2) is 52.6 Å². The zero-order valence-electron chi connectivity index (χ0n) is 25.5. The lowest BCUT2D eigenvalue weighted by atomic mass is 9.84. The van der Waals surface area contributed by atoms with Gasteiger partial charge in [0.15, 0.2) is 0 Å². The van der Waals surface area contributed by atoms with Crippen LogP contribution in [0, 0.1) is 12.8 Å². The van der Waals surface area contributed by atoms with Crippen molar-refractivity contribution < 1.29 is 14.3 Å². The number of carbonyl (C=O) groups excluding carboxylic acids is 1. The molecule has 5 aromatic rings. The Morgan fingerprint density at radius 3 is 2.84 bits per heavy atom. The van der Waals surface area contributed by atoms with Crippen molar-refractivity contribution in [2.45, 2.75) is 64.6 Å². The molecule has 3 atom stereocenters. The van der Waals surface area contributed by atoms with E-state index < -0.39 is 0 Å². The molecule has 10 heteroatoms. The van der Waals surface area contributed by atoms with Crippen LogP contribution in [0.3, 0.4) is 0 Å². The number of hydrogen-bond acceptors (Lipinski definition) is 8. The number of aromatic amines is 1. The Balaban J connectivity index is 1.31. The molecule has 0 radical (unpaired) electrons. The summed E-state index contributed by atoms with van der Waals surface area (Å²) in [6.07, 6.45) is 2.63. The van der Waals surface area contributed by atoms with E-state index in [1.54, 1.807) is 22.1 Å². The Morgan fingerprint density at radius 2 is 2.05 bits per heavy atom. The molecule has 1 saturated carbocycles. The third-order valence-corrected chi connectivity index (χ3v) is 10.3. The Hall–Kier alpha value is -4.02. The van der Waals surface area contributed by atoms with Gasteiger partial charge in [-0.3, -0.25) is 14.5 Å². The van der Waals surface area contributed by atoms with Gasteiger partial charge < -0.3 is 14.5 Å². The highest BCUT2D eigenvalue weighted by Crippen LogP contribution is 2.42. The molecule has 1 fully saturated rings. The van der Waals surface area contributed by atoms with Crippen LogP contribution in [0.1, 0.15) is 73.0 Å².